The van der Waals surface area contributed by atoms with Crippen LogP contribution >= 0.6 is 31.9 Å². The van der Waals surface area contributed by atoms with Crippen molar-refractivity contribution in [3.05, 3.63) is 92.0 Å². The summed E-state index contributed by atoms with van der Waals surface area (Å²) in [5.41, 5.74) is 5.27. The van der Waals surface area contributed by atoms with Gasteiger partial charge in [0, 0.05) is 46.7 Å². The van der Waals surface area contributed by atoms with E-state index in [1.165, 1.54) is 16.7 Å². The summed E-state index contributed by atoms with van der Waals surface area (Å²) in [5, 5.41) is 13.4. The van der Waals surface area contributed by atoms with E-state index in [1.54, 1.807) is 0 Å². The Morgan fingerprint density at radius 3 is 2.48 bits per heavy atom. The summed E-state index contributed by atoms with van der Waals surface area (Å²) in [5.74, 6) is 0.102. The standard InChI is InChI=1S/C22H22Br2N2O/c1-15-5-3-4-6-20(15)21(16-7-9-18(23)10-8-16)12-22(25-27)17-11-19(24)14-26(2)13-17/h3-11,13,21,27H,12,14H2,1-2H3/b25-22+/t21-/m1/s1. The highest BCUT2D eigenvalue weighted by atomic mass is 79.9. The molecular formula is C22H22Br2N2O. The van der Waals surface area contributed by atoms with Crippen molar-refractivity contribution < 1.29 is 5.21 Å². The second kappa shape index (κ2) is 8.89. The normalized spacial score (nSPS) is 16.0. The Morgan fingerprint density at radius 2 is 1.85 bits per heavy atom. The minimum Gasteiger partial charge on any atom is -0.411 e. The van der Waals surface area contributed by atoms with Gasteiger partial charge >= 0.3 is 0 Å². The molecule has 3 rings (SSSR count). The number of halogens is 2. The molecule has 0 saturated carbocycles. The molecule has 5 heteroatoms. The number of allylic oxidation sites excluding steroid dienone is 2. The Morgan fingerprint density at radius 1 is 1.15 bits per heavy atom. The van der Waals surface area contributed by atoms with Gasteiger partial charge in [-0.15, -0.1) is 0 Å². The number of rotatable bonds is 5. The first-order chi connectivity index (χ1) is 13.0. The number of nitrogens with zero attached hydrogens (tertiary/aromatic N) is 2. The van der Waals surface area contributed by atoms with Crippen LogP contribution in [0, 0.1) is 6.92 Å². The summed E-state index contributed by atoms with van der Waals surface area (Å²) >= 11 is 7.09. The average molecular weight is 490 g/mol. The maximum Gasteiger partial charge on any atom is 0.0892 e. The van der Waals surface area contributed by atoms with Gasteiger partial charge < -0.3 is 10.1 Å². The predicted octanol–water partition coefficient (Wildman–Crippen LogP) is 6.22. The number of benzene rings is 2. The third-order valence-electron chi connectivity index (χ3n) is 4.76. The number of hydrogen-bond acceptors (Lipinski definition) is 3. The summed E-state index contributed by atoms with van der Waals surface area (Å²) in [7, 11) is 2.01. The van der Waals surface area contributed by atoms with Crippen molar-refractivity contribution in [2.24, 2.45) is 5.16 Å². The van der Waals surface area contributed by atoms with Crippen LogP contribution < -0.4 is 0 Å². The minimum atomic E-state index is 0.102. The van der Waals surface area contributed by atoms with E-state index in [2.05, 4.69) is 97.4 Å². The number of likely N-dealkylation sites (N-methyl/N-ethyl adjacent to an activating group) is 1. The third kappa shape index (κ3) is 4.90. The fraction of sp³-hybridized carbons (Fsp3) is 0.227. The van der Waals surface area contributed by atoms with Gasteiger partial charge in [0.05, 0.1) is 5.71 Å². The van der Waals surface area contributed by atoms with Gasteiger partial charge in [-0.3, -0.25) is 0 Å². The van der Waals surface area contributed by atoms with Crippen molar-refractivity contribution in [1.82, 2.24) is 4.90 Å². The van der Waals surface area contributed by atoms with Gasteiger partial charge in [0.15, 0.2) is 0 Å². The molecule has 0 amide bonds. The summed E-state index contributed by atoms with van der Waals surface area (Å²) in [6, 6.07) is 16.8. The molecule has 1 aliphatic rings. The van der Waals surface area contributed by atoms with Crippen LogP contribution in [0.5, 0.6) is 0 Å². The summed E-state index contributed by atoms with van der Waals surface area (Å²) in [6.07, 6.45) is 4.67. The molecule has 140 valence electrons. The Labute approximate surface area is 177 Å². The van der Waals surface area contributed by atoms with E-state index >= 15 is 0 Å². The van der Waals surface area contributed by atoms with Crippen molar-refractivity contribution in [3.8, 4) is 0 Å². The van der Waals surface area contributed by atoms with E-state index in [0.717, 1.165) is 21.1 Å². The van der Waals surface area contributed by atoms with Crippen molar-refractivity contribution >= 4 is 37.6 Å². The Kier molecular flexibility index (Phi) is 6.55. The highest BCUT2D eigenvalue weighted by molar-refractivity contribution is 9.11. The zero-order valence-corrected chi connectivity index (χ0v) is 18.5. The van der Waals surface area contributed by atoms with Gasteiger partial charge in [0.1, 0.15) is 0 Å². The van der Waals surface area contributed by atoms with E-state index in [0.29, 0.717) is 12.1 Å². The zero-order chi connectivity index (χ0) is 19.4. The van der Waals surface area contributed by atoms with E-state index in [-0.39, 0.29) is 5.92 Å². The van der Waals surface area contributed by atoms with Crippen LogP contribution in [0.4, 0.5) is 0 Å². The topological polar surface area (TPSA) is 35.8 Å². The second-order valence-corrected chi connectivity index (χ2v) is 8.74. The molecule has 1 atom stereocenters. The first-order valence-corrected chi connectivity index (χ1v) is 10.4. The quantitative estimate of drug-likeness (QED) is 0.307. The molecule has 0 aromatic heterocycles. The van der Waals surface area contributed by atoms with E-state index < -0.39 is 0 Å². The van der Waals surface area contributed by atoms with Gasteiger partial charge in [-0.2, -0.15) is 0 Å². The Balaban J connectivity index is 2.01. The summed E-state index contributed by atoms with van der Waals surface area (Å²) in [4.78, 5) is 2.08. The van der Waals surface area contributed by atoms with E-state index in [1.807, 2.05) is 19.3 Å². The van der Waals surface area contributed by atoms with Gasteiger partial charge in [-0.25, -0.2) is 0 Å². The lowest BCUT2D eigenvalue weighted by Gasteiger charge is -2.24. The number of hydrogen-bond donors (Lipinski definition) is 1. The molecule has 0 aliphatic carbocycles. The van der Waals surface area contributed by atoms with Crippen LogP contribution in [0.1, 0.15) is 29.0 Å². The number of oxime groups is 1. The van der Waals surface area contributed by atoms with Crippen LogP contribution in [0.3, 0.4) is 0 Å². The van der Waals surface area contributed by atoms with Crippen molar-refractivity contribution in [3.63, 3.8) is 0 Å². The zero-order valence-electron chi connectivity index (χ0n) is 15.4. The molecule has 0 unspecified atom stereocenters. The molecule has 3 nitrogen and oxygen atoms in total. The Bertz CT molecular complexity index is 901. The van der Waals surface area contributed by atoms with Gasteiger partial charge in [0.25, 0.3) is 0 Å². The van der Waals surface area contributed by atoms with Crippen LogP contribution in [0.2, 0.25) is 0 Å². The van der Waals surface area contributed by atoms with Crippen LogP contribution in [0.25, 0.3) is 0 Å². The number of aryl methyl sites for hydroxylation is 1. The third-order valence-corrected chi connectivity index (χ3v) is 5.77. The lowest BCUT2D eigenvalue weighted by molar-refractivity contribution is 0.317. The van der Waals surface area contributed by atoms with Crippen molar-refractivity contribution in [2.45, 2.75) is 19.3 Å². The van der Waals surface area contributed by atoms with Gasteiger partial charge in [-0.1, -0.05) is 73.4 Å². The molecule has 0 fully saturated rings. The fourth-order valence-corrected chi connectivity index (χ4v) is 4.33. The van der Waals surface area contributed by atoms with Crippen molar-refractivity contribution in [2.75, 3.05) is 13.6 Å². The highest BCUT2D eigenvalue weighted by Gasteiger charge is 2.22. The molecule has 1 N–H and O–H groups in total. The van der Waals surface area contributed by atoms with Gasteiger partial charge in [-0.05, 0) is 41.8 Å². The average Bonchev–Trinajstić information content (AvgIpc) is 2.64. The summed E-state index contributed by atoms with van der Waals surface area (Å²) in [6.45, 7) is 2.94. The highest BCUT2D eigenvalue weighted by Crippen LogP contribution is 2.33. The molecular weight excluding hydrogens is 468 g/mol. The SMILES string of the molecule is Cc1ccccc1[C@H](C/C(=N\O)C1=CN(C)CC(Br)=C1)c1ccc(Br)cc1. The van der Waals surface area contributed by atoms with E-state index in [4.69, 9.17) is 0 Å². The van der Waals surface area contributed by atoms with E-state index in [9.17, 15) is 5.21 Å². The first-order valence-electron chi connectivity index (χ1n) is 8.78. The second-order valence-electron chi connectivity index (χ2n) is 6.80. The van der Waals surface area contributed by atoms with Gasteiger partial charge in [0.2, 0.25) is 0 Å². The molecule has 27 heavy (non-hydrogen) atoms. The fourth-order valence-electron chi connectivity index (χ4n) is 3.42. The van der Waals surface area contributed by atoms with Crippen LogP contribution in [-0.4, -0.2) is 29.4 Å². The molecule has 0 spiro atoms. The van der Waals surface area contributed by atoms with Crippen LogP contribution in [0.15, 0.2) is 80.5 Å². The first kappa shape index (κ1) is 19.9. The smallest absolute Gasteiger partial charge is 0.0892 e. The molecule has 0 saturated heterocycles. The lowest BCUT2D eigenvalue weighted by atomic mass is 9.83. The molecule has 1 aliphatic heterocycles. The molecule has 2 aromatic rings. The Hall–Kier alpha value is -1.85. The van der Waals surface area contributed by atoms with Crippen molar-refractivity contribution in [1.29, 1.82) is 0 Å². The monoisotopic (exact) mass is 488 g/mol. The largest absolute Gasteiger partial charge is 0.411 e. The maximum absolute atomic E-state index is 9.78. The lowest BCUT2D eigenvalue weighted by Crippen LogP contribution is -2.20. The maximum atomic E-state index is 9.78. The minimum absolute atomic E-state index is 0.102. The molecule has 0 radical (unpaired) electrons. The summed E-state index contributed by atoms with van der Waals surface area (Å²) < 4.78 is 2.12. The molecule has 1 heterocycles. The molecule has 2 aromatic carbocycles. The molecule has 0 bridgehead atoms. The van der Waals surface area contributed by atoms with Crippen LogP contribution in [-0.2, 0) is 0 Å². The predicted molar refractivity (Wildman–Crippen MR) is 119 cm³/mol.